The molecule has 1 saturated heterocycles. The molecule has 1 N–H and O–H groups in total. The number of methoxy groups -OCH3 is 1. The van der Waals surface area contributed by atoms with Gasteiger partial charge in [-0.05, 0) is 48.5 Å². The van der Waals surface area contributed by atoms with Gasteiger partial charge in [0.25, 0.3) is 5.91 Å². The Bertz CT molecular complexity index is 950. The fourth-order valence-corrected chi connectivity index (χ4v) is 4.65. The van der Waals surface area contributed by atoms with Crippen molar-refractivity contribution in [1.82, 2.24) is 10.2 Å². The predicted octanol–water partition coefficient (Wildman–Crippen LogP) is 4.30. The lowest BCUT2D eigenvalue weighted by Gasteiger charge is -2.39. The first kappa shape index (κ1) is 20.8. The molecular formula is C22H24ClN3O3S. The zero-order valence-electron chi connectivity index (χ0n) is 16.7. The molecule has 0 aliphatic carbocycles. The van der Waals surface area contributed by atoms with Gasteiger partial charge in [0.1, 0.15) is 11.5 Å². The molecule has 1 aromatic carbocycles. The zero-order chi connectivity index (χ0) is 20.9. The third-order valence-electron chi connectivity index (χ3n) is 5.32. The van der Waals surface area contributed by atoms with E-state index < -0.39 is 0 Å². The van der Waals surface area contributed by atoms with Gasteiger partial charge in [-0.15, -0.1) is 11.3 Å². The Morgan fingerprint density at radius 1 is 1.17 bits per heavy atom. The summed E-state index contributed by atoms with van der Waals surface area (Å²) >= 11 is 7.24. The van der Waals surface area contributed by atoms with E-state index in [0.29, 0.717) is 15.8 Å². The van der Waals surface area contributed by atoms with Crippen molar-refractivity contribution in [3.63, 3.8) is 0 Å². The molecule has 158 valence electrons. The number of furan rings is 1. The average molecular weight is 446 g/mol. The first-order valence-corrected chi connectivity index (χ1v) is 11.0. The lowest BCUT2D eigenvalue weighted by molar-refractivity contribution is 0.0927. The van der Waals surface area contributed by atoms with Crippen LogP contribution in [0, 0.1) is 0 Å². The highest BCUT2D eigenvalue weighted by atomic mass is 35.5. The molecule has 0 spiro atoms. The number of hydrogen-bond donors (Lipinski definition) is 1. The average Bonchev–Trinajstić information content (AvgIpc) is 3.46. The Hall–Kier alpha value is -2.48. The molecule has 1 atom stereocenters. The zero-order valence-corrected chi connectivity index (χ0v) is 18.3. The van der Waals surface area contributed by atoms with Crippen molar-refractivity contribution < 1.29 is 13.9 Å². The van der Waals surface area contributed by atoms with E-state index in [0.717, 1.165) is 37.7 Å². The highest BCUT2D eigenvalue weighted by Gasteiger charge is 2.27. The van der Waals surface area contributed by atoms with Crippen LogP contribution in [0.3, 0.4) is 0 Å². The Kier molecular flexibility index (Phi) is 6.62. The smallest absolute Gasteiger partial charge is 0.261 e. The maximum Gasteiger partial charge on any atom is 0.261 e. The summed E-state index contributed by atoms with van der Waals surface area (Å²) in [6, 6.07) is 15.5. The van der Waals surface area contributed by atoms with Crippen LogP contribution in [0.2, 0.25) is 4.34 Å². The predicted molar refractivity (Wildman–Crippen MR) is 120 cm³/mol. The summed E-state index contributed by atoms with van der Waals surface area (Å²) < 4.78 is 11.5. The quantitative estimate of drug-likeness (QED) is 0.587. The Morgan fingerprint density at radius 3 is 2.53 bits per heavy atom. The Labute approximate surface area is 185 Å². The molecule has 2 aromatic heterocycles. The van der Waals surface area contributed by atoms with Crippen LogP contribution in [-0.2, 0) is 0 Å². The number of halogens is 1. The summed E-state index contributed by atoms with van der Waals surface area (Å²) in [5.74, 6) is 1.61. The van der Waals surface area contributed by atoms with Crippen molar-refractivity contribution in [2.45, 2.75) is 6.04 Å². The topological polar surface area (TPSA) is 58.0 Å². The van der Waals surface area contributed by atoms with E-state index in [9.17, 15) is 4.79 Å². The molecule has 1 amide bonds. The maximum absolute atomic E-state index is 12.5. The maximum atomic E-state index is 12.5. The molecular weight excluding hydrogens is 422 g/mol. The molecule has 1 fully saturated rings. The van der Waals surface area contributed by atoms with E-state index in [1.165, 1.54) is 17.0 Å². The van der Waals surface area contributed by atoms with Crippen LogP contribution >= 0.6 is 22.9 Å². The number of nitrogens with zero attached hydrogens (tertiary/aromatic N) is 2. The number of benzene rings is 1. The van der Waals surface area contributed by atoms with Crippen molar-refractivity contribution >= 4 is 34.5 Å². The van der Waals surface area contributed by atoms with E-state index in [1.807, 2.05) is 24.3 Å². The Morgan fingerprint density at radius 2 is 1.93 bits per heavy atom. The van der Waals surface area contributed by atoms with E-state index in [1.54, 1.807) is 25.5 Å². The third-order valence-corrected chi connectivity index (χ3v) is 6.55. The standard InChI is InChI=1S/C22H24ClN3O3S/c1-28-17-6-4-16(5-7-17)25-10-12-26(13-11-25)18(19-3-2-14-29-19)15-24-22(27)20-8-9-21(23)30-20/h2-9,14,18H,10-13,15H2,1H3,(H,24,27). The van der Waals surface area contributed by atoms with Gasteiger partial charge >= 0.3 is 0 Å². The highest BCUT2D eigenvalue weighted by Crippen LogP contribution is 2.26. The van der Waals surface area contributed by atoms with Crippen LogP contribution in [0.4, 0.5) is 5.69 Å². The van der Waals surface area contributed by atoms with Gasteiger partial charge in [0, 0.05) is 38.4 Å². The number of rotatable bonds is 7. The first-order chi connectivity index (χ1) is 14.6. The molecule has 1 aliphatic heterocycles. The number of carbonyl (C=O) groups excluding carboxylic acids is 1. The molecule has 4 rings (SSSR count). The monoisotopic (exact) mass is 445 g/mol. The van der Waals surface area contributed by atoms with Gasteiger partial charge in [-0.25, -0.2) is 0 Å². The first-order valence-electron chi connectivity index (χ1n) is 9.84. The van der Waals surface area contributed by atoms with E-state index in [-0.39, 0.29) is 11.9 Å². The molecule has 1 aliphatic rings. The normalized spacial score (nSPS) is 15.7. The molecule has 0 saturated carbocycles. The molecule has 3 heterocycles. The second kappa shape index (κ2) is 9.55. The summed E-state index contributed by atoms with van der Waals surface area (Å²) in [6.07, 6.45) is 1.68. The summed E-state index contributed by atoms with van der Waals surface area (Å²) in [4.78, 5) is 17.8. The lowest BCUT2D eigenvalue weighted by Crippen LogP contribution is -2.49. The number of hydrogen-bond acceptors (Lipinski definition) is 6. The van der Waals surface area contributed by atoms with Crippen LogP contribution in [0.5, 0.6) is 5.75 Å². The van der Waals surface area contributed by atoms with Gasteiger partial charge in [0.15, 0.2) is 0 Å². The summed E-state index contributed by atoms with van der Waals surface area (Å²) in [5.41, 5.74) is 1.19. The van der Waals surface area contributed by atoms with Crippen LogP contribution < -0.4 is 15.0 Å². The minimum atomic E-state index is -0.111. The fourth-order valence-electron chi connectivity index (χ4n) is 3.69. The van der Waals surface area contributed by atoms with Gasteiger partial charge in [0.2, 0.25) is 0 Å². The van der Waals surface area contributed by atoms with Crippen molar-refractivity contribution in [2.24, 2.45) is 0 Å². The van der Waals surface area contributed by atoms with Crippen molar-refractivity contribution in [3.8, 4) is 5.75 Å². The van der Waals surface area contributed by atoms with Crippen LogP contribution in [0.1, 0.15) is 21.5 Å². The molecule has 0 bridgehead atoms. The number of amides is 1. The minimum Gasteiger partial charge on any atom is -0.497 e. The van der Waals surface area contributed by atoms with Gasteiger partial charge in [-0.1, -0.05) is 11.6 Å². The lowest BCUT2D eigenvalue weighted by atomic mass is 10.1. The Balaban J connectivity index is 1.39. The number of piperazine rings is 1. The van der Waals surface area contributed by atoms with Gasteiger partial charge < -0.3 is 19.4 Å². The third kappa shape index (κ3) is 4.80. The number of carbonyl (C=O) groups is 1. The molecule has 6 nitrogen and oxygen atoms in total. The SMILES string of the molecule is COc1ccc(N2CCN(C(CNC(=O)c3ccc(Cl)s3)c3ccco3)CC2)cc1. The molecule has 30 heavy (non-hydrogen) atoms. The molecule has 3 aromatic rings. The summed E-state index contributed by atoms with van der Waals surface area (Å²) in [5, 5.41) is 3.04. The number of nitrogens with one attached hydrogen (secondary N) is 1. The summed E-state index contributed by atoms with van der Waals surface area (Å²) in [7, 11) is 1.67. The van der Waals surface area contributed by atoms with Gasteiger partial charge in [0.05, 0.1) is 28.6 Å². The van der Waals surface area contributed by atoms with E-state index >= 15 is 0 Å². The second-order valence-corrected chi connectivity index (χ2v) is 8.78. The highest BCUT2D eigenvalue weighted by molar-refractivity contribution is 7.17. The number of anilines is 1. The van der Waals surface area contributed by atoms with Gasteiger partial charge in [-0.2, -0.15) is 0 Å². The molecule has 8 heteroatoms. The number of thiophene rings is 1. The van der Waals surface area contributed by atoms with Crippen molar-refractivity contribution in [2.75, 3.05) is 44.7 Å². The van der Waals surface area contributed by atoms with E-state index in [4.69, 9.17) is 20.8 Å². The van der Waals surface area contributed by atoms with Crippen molar-refractivity contribution in [3.05, 3.63) is 69.8 Å². The summed E-state index contributed by atoms with van der Waals surface area (Å²) in [6.45, 7) is 4.02. The second-order valence-electron chi connectivity index (χ2n) is 7.07. The minimum absolute atomic E-state index is 0.0163. The van der Waals surface area contributed by atoms with Crippen LogP contribution in [0.15, 0.2) is 59.2 Å². The molecule has 1 unspecified atom stereocenters. The fraction of sp³-hybridized carbons (Fsp3) is 0.318. The molecule has 0 radical (unpaired) electrons. The van der Waals surface area contributed by atoms with Crippen LogP contribution in [-0.4, -0.2) is 50.6 Å². The van der Waals surface area contributed by atoms with Gasteiger partial charge in [-0.3, -0.25) is 9.69 Å². The largest absolute Gasteiger partial charge is 0.497 e. The van der Waals surface area contributed by atoms with Crippen LogP contribution in [0.25, 0.3) is 0 Å². The number of ether oxygens (including phenoxy) is 1. The van der Waals surface area contributed by atoms with E-state index in [2.05, 4.69) is 27.2 Å². The van der Waals surface area contributed by atoms with Crippen molar-refractivity contribution in [1.29, 1.82) is 0 Å².